The van der Waals surface area contributed by atoms with Gasteiger partial charge < -0.3 is 0 Å². The van der Waals surface area contributed by atoms with E-state index in [1.54, 1.807) is 0 Å². The van der Waals surface area contributed by atoms with Crippen molar-refractivity contribution in [3.63, 3.8) is 0 Å². The number of carbonyl (C=O) groups is 2. The highest BCUT2D eigenvalue weighted by Gasteiger charge is 2.17. The van der Waals surface area contributed by atoms with Crippen LogP contribution in [0.4, 0.5) is 0 Å². The first-order chi connectivity index (χ1) is 14.7. The molecule has 0 spiro atoms. The van der Waals surface area contributed by atoms with Crippen LogP contribution < -0.4 is 0 Å². The van der Waals surface area contributed by atoms with Gasteiger partial charge in [-0.15, -0.1) is 0 Å². The molecule has 0 amide bonds. The maximum absolute atomic E-state index is 13.0. The lowest BCUT2D eigenvalue weighted by molar-refractivity contribution is 0.102. The molecule has 0 atom stereocenters. The zero-order chi connectivity index (χ0) is 20.8. The Bertz CT molecular complexity index is 1080. The van der Waals surface area contributed by atoms with Crippen molar-refractivity contribution in [3.05, 3.63) is 131 Å². The normalized spacial score (nSPS) is 10.5. The summed E-state index contributed by atoms with van der Waals surface area (Å²) < 4.78 is 0. The van der Waals surface area contributed by atoms with E-state index >= 15 is 0 Å². The second-order valence-corrected chi connectivity index (χ2v) is 8.76. The van der Waals surface area contributed by atoms with Crippen molar-refractivity contribution < 1.29 is 9.59 Å². The first kappa shape index (κ1) is 20.2. The number of carbonyl (C=O) groups excluding carboxylic acids is 2. The van der Waals surface area contributed by atoms with Gasteiger partial charge in [-0.2, -0.15) is 0 Å². The highest BCUT2D eigenvalue weighted by Crippen LogP contribution is 2.41. The lowest BCUT2D eigenvalue weighted by Gasteiger charge is -2.10. The van der Waals surface area contributed by atoms with E-state index in [0.29, 0.717) is 22.3 Å². The average molecular weight is 427 g/mol. The van der Waals surface area contributed by atoms with Crippen LogP contribution in [0.25, 0.3) is 0 Å². The summed E-state index contributed by atoms with van der Waals surface area (Å²) in [5.41, 5.74) is 2.64. The van der Waals surface area contributed by atoms with Crippen LogP contribution in [0.5, 0.6) is 0 Å². The quantitative estimate of drug-likeness (QED) is 0.237. The van der Waals surface area contributed by atoms with E-state index < -0.39 is 0 Å². The number of hydrogen-bond acceptors (Lipinski definition) is 4. The Morgan fingerprint density at radius 3 is 1.17 bits per heavy atom. The Kier molecular flexibility index (Phi) is 6.47. The van der Waals surface area contributed by atoms with Crippen molar-refractivity contribution in [1.29, 1.82) is 0 Å². The molecular weight excluding hydrogens is 408 g/mol. The Morgan fingerprint density at radius 2 is 0.767 bits per heavy atom. The SMILES string of the molecule is O=C(c1ccccc1)c1ccccc1SSc1ccccc1C(=O)c1ccccc1. The van der Waals surface area contributed by atoms with E-state index in [1.165, 1.54) is 21.6 Å². The third kappa shape index (κ3) is 4.56. The Balaban J connectivity index is 1.59. The van der Waals surface area contributed by atoms with E-state index in [0.717, 1.165) is 9.79 Å². The summed E-state index contributed by atoms with van der Waals surface area (Å²) in [6.45, 7) is 0. The maximum Gasteiger partial charge on any atom is 0.194 e. The molecule has 0 aromatic heterocycles. The van der Waals surface area contributed by atoms with Crippen molar-refractivity contribution in [2.75, 3.05) is 0 Å². The minimum Gasteiger partial charge on any atom is -0.289 e. The first-order valence-corrected chi connectivity index (χ1v) is 11.6. The molecule has 0 unspecified atom stereocenters. The summed E-state index contributed by atoms with van der Waals surface area (Å²) >= 11 is 0. The topological polar surface area (TPSA) is 34.1 Å². The summed E-state index contributed by atoms with van der Waals surface area (Å²) in [4.78, 5) is 27.7. The van der Waals surface area contributed by atoms with Gasteiger partial charge in [-0.3, -0.25) is 9.59 Å². The van der Waals surface area contributed by atoms with E-state index in [1.807, 2.05) is 109 Å². The molecule has 0 bridgehead atoms. The minimum absolute atomic E-state index is 0.00653. The fourth-order valence-corrected chi connectivity index (χ4v) is 5.39. The summed E-state index contributed by atoms with van der Waals surface area (Å²) in [7, 11) is 2.99. The second-order valence-electron chi connectivity index (χ2n) is 6.55. The van der Waals surface area contributed by atoms with Crippen LogP contribution in [-0.2, 0) is 0 Å². The number of benzene rings is 4. The molecule has 0 saturated carbocycles. The van der Waals surface area contributed by atoms with Gasteiger partial charge in [-0.1, -0.05) is 107 Å². The summed E-state index contributed by atoms with van der Waals surface area (Å²) in [6, 6.07) is 33.7. The molecule has 0 aliphatic heterocycles. The van der Waals surface area contributed by atoms with Crippen LogP contribution in [-0.4, -0.2) is 11.6 Å². The molecule has 0 N–H and O–H groups in total. The van der Waals surface area contributed by atoms with E-state index in [2.05, 4.69) is 0 Å². The first-order valence-electron chi connectivity index (χ1n) is 9.46. The Labute approximate surface area is 183 Å². The van der Waals surface area contributed by atoms with E-state index in [-0.39, 0.29) is 11.6 Å². The van der Waals surface area contributed by atoms with Gasteiger partial charge in [-0.25, -0.2) is 0 Å². The van der Waals surface area contributed by atoms with Crippen molar-refractivity contribution in [1.82, 2.24) is 0 Å². The van der Waals surface area contributed by atoms with Crippen molar-refractivity contribution >= 4 is 33.2 Å². The molecule has 30 heavy (non-hydrogen) atoms. The lowest BCUT2D eigenvalue weighted by atomic mass is 10.0. The van der Waals surface area contributed by atoms with Gasteiger partial charge in [-0.05, 0) is 24.3 Å². The lowest BCUT2D eigenvalue weighted by Crippen LogP contribution is -2.03. The van der Waals surface area contributed by atoms with Crippen LogP contribution in [0.2, 0.25) is 0 Å². The highest BCUT2D eigenvalue weighted by atomic mass is 33.1. The monoisotopic (exact) mass is 426 g/mol. The molecule has 4 aromatic rings. The minimum atomic E-state index is -0.00653. The fraction of sp³-hybridized carbons (Fsp3) is 0. The predicted molar refractivity (Wildman–Crippen MR) is 124 cm³/mol. The molecule has 2 nitrogen and oxygen atoms in total. The van der Waals surface area contributed by atoms with Gasteiger partial charge >= 0.3 is 0 Å². The van der Waals surface area contributed by atoms with Gasteiger partial charge in [0.15, 0.2) is 11.6 Å². The molecule has 0 aliphatic carbocycles. The molecule has 0 heterocycles. The summed E-state index contributed by atoms with van der Waals surface area (Å²) in [6.07, 6.45) is 0. The van der Waals surface area contributed by atoms with Crippen LogP contribution in [0, 0.1) is 0 Å². The van der Waals surface area contributed by atoms with Crippen LogP contribution in [0.1, 0.15) is 31.8 Å². The van der Waals surface area contributed by atoms with Gasteiger partial charge in [0.1, 0.15) is 0 Å². The summed E-state index contributed by atoms with van der Waals surface area (Å²) in [5, 5.41) is 0. The van der Waals surface area contributed by atoms with E-state index in [4.69, 9.17) is 0 Å². The molecule has 0 aliphatic rings. The molecular formula is C26H18O2S2. The van der Waals surface area contributed by atoms with Crippen LogP contribution >= 0.6 is 21.6 Å². The van der Waals surface area contributed by atoms with Crippen molar-refractivity contribution in [2.45, 2.75) is 9.79 Å². The van der Waals surface area contributed by atoms with Crippen LogP contribution in [0.15, 0.2) is 119 Å². The number of hydrogen-bond donors (Lipinski definition) is 0. The van der Waals surface area contributed by atoms with Crippen LogP contribution in [0.3, 0.4) is 0 Å². The predicted octanol–water partition coefficient (Wildman–Crippen LogP) is 6.95. The molecule has 4 heteroatoms. The largest absolute Gasteiger partial charge is 0.289 e. The zero-order valence-electron chi connectivity index (χ0n) is 16.0. The average Bonchev–Trinajstić information content (AvgIpc) is 2.83. The third-order valence-corrected chi connectivity index (χ3v) is 7.04. The van der Waals surface area contributed by atoms with Gasteiger partial charge in [0, 0.05) is 32.0 Å². The standard InChI is InChI=1S/C26H18O2S2/c27-25(19-11-3-1-4-12-19)21-15-7-9-17-23(21)29-30-24-18-10-8-16-22(24)26(28)20-13-5-2-6-14-20/h1-18H. The Hall–Kier alpha value is -3.08. The molecule has 0 saturated heterocycles. The third-order valence-electron chi connectivity index (χ3n) is 4.56. The van der Waals surface area contributed by atoms with Gasteiger partial charge in [0.2, 0.25) is 0 Å². The molecule has 0 radical (unpaired) electrons. The molecule has 4 rings (SSSR count). The highest BCUT2D eigenvalue weighted by molar-refractivity contribution is 8.76. The summed E-state index contributed by atoms with van der Waals surface area (Å²) in [5.74, 6) is -0.0131. The smallest absolute Gasteiger partial charge is 0.194 e. The second kappa shape index (κ2) is 9.61. The van der Waals surface area contributed by atoms with Gasteiger partial charge in [0.05, 0.1) is 0 Å². The number of rotatable bonds is 7. The molecule has 0 fully saturated rings. The Morgan fingerprint density at radius 1 is 0.433 bits per heavy atom. The number of ketones is 2. The molecule has 4 aromatic carbocycles. The zero-order valence-corrected chi connectivity index (χ0v) is 17.7. The van der Waals surface area contributed by atoms with E-state index in [9.17, 15) is 9.59 Å². The maximum atomic E-state index is 13.0. The van der Waals surface area contributed by atoms with Gasteiger partial charge in [0.25, 0.3) is 0 Å². The molecule has 146 valence electrons. The fourth-order valence-electron chi connectivity index (χ4n) is 3.03. The van der Waals surface area contributed by atoms with Crippen molar-refractivity contribution in [3.8, 4) is 0 Å². The van der Waals surface area contributed by atoms with Crippen molar-refractivity contribution in [2.24, 2.45) is 0 Å².